The van der Waals surface area contributed by atoms with E-state index in [0.29, 0.717) is 19.0 Å². The number of rotatable bonds is 4. The molecule has 2 aromatic carbocycles. The Morgan fingerprint density at radius 3 is 2.64 bits per heavy atom. The number of benzene rings is 2. The molecule has 1 saturated carbocycles. The molecule has 1 spiro atoms. The van der Waals surface area contributed by atoms with Crippen molar-refractivity contribution < 1.29 is 9.59 Å². The van der Waals surface area contributed by atoms with Gasteiger partial charge in [-0.05, 0) is 49.3 Å². The first-order valence-corrected chi connectivity index (χ1v) is 13.6. The van der Waals surface area contributed by atoms with Gasteiger partial charge in [0.25, 0.3) is 5.91 Å². The number of nitrogens with one attached hydrogen (secondary N) is 2. The molecule has 3 amide bonds. The summed E-state index contributed by atoms with van der Waals surface area (Å²) in [6.45, 7) is 5.51. The monoisotopic (exact) mass is 484 g/mol. The number of anilines is 1. The molecule has 1 fully saturated rings. The third kappa shape index (κ3) is 3.45. The lowest BCUT2D eigenvalue weighted by Gasteiger charge is -2.44. The van der Waals surface area contributed by atoms with Crippen LogP contribution in [0.5, 0.6) is 0 Å². The van der Waals surface area contributed by atoms with E-state index in [2.05, 4.69) is 36.3 Å². The number of hydrogen-bond donors (Lipinski definition) is 2. The van der Waals surface area contributed by atoms with Gasteiger partial charge in [0.2, 0.25) is 0 Å². The first-order valence-electron chi connectivity index (χ1n) is 13.6. The second kappa shape index (κ2) is 8.99. The Kier molecular flexibility index (Phi) is 5.78. The number of urea groups is 1. The smallest absolute Gasteiger partial charge is 0.319 e. The van der Waals surface area contributed by atoms with Gasteiger partial charge in [-0.25, -0.2) is 4.79 Å². The summed E-state index contributed by atoms with van der Waals surface area (Å²) >= 11 is 0. The molecular formula is C30H36N4O2. The highest BCUT2D eigenvalue weighted by Gasteiger charge is 2.60. The summed E-state index contributed by atoms with van der Waals surface area (Å²) in [5.74, 6) is 0.456. The van der Waals surface area contributed by atoms with E-state index in [1.54, 1.807) is 0 Å². The highest BCUT2D eigenvalue weighted by atomic mass is 16.2. The van der Waals surface area contributed by atoms with Crippen LogP contribution in [0.1, 0.15) is 69.2 Å². The van der Waals surface area contributed by atoms with Crippen molar-refractivity contribution in [1.82, 2.24) is 15.2 Å². The number of aromatic nitrogens is 1. The van der Waals surface area contributed by atoms with Gasteiger partial charge in [-0.3, -0.25) is 4.79 Å². The van der Waals surface area contributed by atoms with E-state index in [1.807, 2.05) is 46.2 Å². The lowest BCUT2D eigenvalue weighted by atomic mass is 9.80. The molecule has 1 aromatic heterocycles. The van der Waals surface area contributed by atoms with Crippen LogP contribution in [0.15, 0.2) is 48.5 Å². The van der Waals surface area contributed by atoms with E-state index in [9.17, 15) is 9.59 Å². The van der Waals surface area contributed by atoms with Crippen molar-refractivity contribution in [3.63, 3.8) is 0 Å². The molecule has 2 aliphatic heterocycles. The average Bonchev–Trinajstić information content (AvgIpc) is 3.38. The molecule has 0 saturated heterocycles. The van der Waals surface area contributed by atoms with Gasteiger partial charge in [0.1, 0.15) is 0 Å². The van der Waals surface area contributed by atoms with Gasteiger partial charge >= 0.3 is 6.03 Å². The van der Waals surface area contributed by atoms with Crippen molar-refractivity contribution >= 4 is 28.5 Å². The molecule has 1 aliphatic carbocycles. The molecule has 3 heterocycles. The maximum atomic E-state index is 14.7. The summed E-state index contributed by atoms with van der Waals surface area (Å²) in [5, 5.41) is 4.47. The maximum Gasteiger partial charge on any atom is 0.319 e. The van der Waals surface area contributed by atoms with Crippen molar-refractivity contribution in [3.05, 3.63) is 65.4 Å². The minimum absolute atomic E-state index is 0.0179. The average molecular weight is 485 g/mol. The number of carbonyl (C=O) groups excluding carboxylic acids is 2. The zero-order valence-electron chi connectivity index (χ0n) is 21.3. The molecule has 0 bridgehead atoms. The summed E-state index contributed by atoms with van der Waals surface area (Å²) < 4.78 is 0. The molecule has 6 heteroatoms. The van der Waals surface area contributed by atoms with Crippen LogP contribution in [-0.4, -0.2) is 41.0 Å². The Hall–Kier alpha value is -3.28. The summed E-state index contributed by atoms with van der Waals surface area (Å²) in [7, 11) is 0. The van der Waals surface area contributed by atoms with Gasteiger partial charge in [0, 0.05) is 35.6 Å². The van der Waals surface area contributed by atoms with Crippen LogP contribution in [0, 0.1) is 5.92 Å². The van der Waals surface area contributed by atoms with E-state index in [0.717, 1.165) is 71.9 Å². The fourth-order valence-corrected chi connectivity index (χ4v) is 6.59. The zero-order chi connectivity index (χ0) is 24.9. The zero-order valence-corrected chi connectivity index (χ0v) is 21.3. The van der Waals surface area contributed by atoms with Crippen LogP contribution in [0.25, 0.3) is 10.9 Å². The summed E-state index contributed by atoms with van der Waals surface area (Å²) in [6, 6.07) is 16.4. The van der Waals surface area contributed by atoms with Crippen LogP contribution in [0.3, 0.4) is 0 Å². The summed E-state index contributed by atoms with van der Waals surface area (Å²) in [6.07, 6.45) is 7.17. The van der Waals surface area contributed by atoms with Crippen molar-refractivity contribution in [2.24, 2.45) is 5.92 Å². The van der Waals surface area contributed by atoms with Crippen LogP contribution in [-0.2, 0) is 16.8 Å². The van der Waals surface area contributed by atoms with Gasteiger partial charge < -0.3 is 20.1 Å². The number of nitrogens with zero attached hydrogens (tertiary/aromatic N) is 2. The number of hydrogen-bond acceptors (Lipinski definition) is 2. The number of para-hydroxylation sites is 2. The van der Waals surface area contributed by atoms with Crippen molar-refractivity contribution in [3.8, 4) is 0 Å². The Morgan fingerprint density at radius 2 is 1.83 bits per heavy atom. The molecule has 188 valence electrons. The number of H-pyrrole nitrogens is 1. The number of amides is 3. The van der Waals surface area contributed by atoms with E-state index in [4.69, 9.17) is 0 Å². The summed E-state index contributed by atoms with van der Waals surface area (Å²) in [4.78, 5) is 36.1. The van der Waals surface area contributed by atoms with Gasteiger partial charge in [-0.1, -0.05) is 69.5 Å². The quantitative estimate of drug-likeness (QED) is 0.498. The minimum atomic E-state index is -1.18. The Balaban J connectivity index is 1.52. The van der Waals surface area contributed by atoms with Gasteiger partial charge in [0.15, 0.2) is 5.54 Å². The summed E-state index contributed by atoms with van der Waals surface area (Å²) in [5.41, 5.74) is 3.68. The van der Waals surface area contributed by atoms with Crippen LogP contribution >= 0.6 is 0 Å². The van der Waals surface area contributed by atoms with Crippen molar-refractivity contribution in [2.45, 2.75) is 70.4 Å². The second-order valence-electron chi connectivity index (χ2n) is 11.1. The van der Waals surface area contributed by atoms with Gasteiger partial charge in [0.05, 0.1) is 11.4 Å². The van der Waals surface area contributed by atoms with E-state index in [-0.39, 0.29) is 18.0 Å². The van der Waals surface area contributed by atoms with Gasteiger partial charge in [-0.2, -0.15) is 0 Å². The highest BCUT2D eigenvalue weighted by molar-refractivity contribution is 6.12. The standard InChI is InChI=1S/C30H36N4O2/c1-20(2)16-18-33-26-15-9-7-13-24(26)30(28(33)35)27-23(22-12-6-8-14-25(22)32-27)17-19-34(30)29(36)31-21-10-4-3-5-11-21/h6-9,12-15,20-21,32H,3-5,10-11,16-19H2,1-2H3,(H,31,36)/t30-/m0/s1. The molecule has 6 rings (SSSR count). The third-order valence-corrected chi connectivity index (χ3v) is 8.41. The maximum absolute atomic E-state index is 14.7. The topological polar surface area (TPSA) is 68.4 Å². The Labute approximate surface area is 213 Å². The molecule has 36 heavy (non-hydrogen) atoms. The van der Waals surface area contributed by atoms with E-state index in [1.165, 1.54) is 6.42 Å². The molecule has 1 atom stereocenters. The molecule has 3 aliphatic rings. The lowest BCUT2D eigenvalue weighted by molar-refractivity contribution is -0.126. The van der Waals surface area contributed by atoms with E-state index < -0.39 is 5.54 Å². The normalized spacial score (nSPS) is 21.9. The predicted octanol–water partition coefficient (Wildman–Crippen LogP) is 5.70. The van der Waals surface area contributed by atoms with Crippen LogP contribution in [0.2, 0.25) is 0 Å². The highest BCUT2D eigenvalue weighted by Crippen LogP contribution is 2.52. The molecule has 3 aromatic rings. The molecule has 6 nitrogen and oxygen atoms in total. The van der Waals surface area contributed by atoms with Crippen LogP contribution in [0.4, 0.5) is 10.5 Å². The Morgan fingerprint density at radius 1 is 1.08 bits per heavy atom. The molecular weight excluding hydrogens is 448 g/mol. The molecule has 0 unspecified atom stereocenters. The van der Waals surface area contributed by atoms with Crippen molar-refractivity contribution in [1.29, 1.82) is 0 Å². The fraction of sp³-hybridized carbons (Fsp3) is 0.467. The third-order valence-electron chi connectivity index (χ3n) is 8.41. The fourth-order valence-electron chi connectivity index (χ4n) is 6.59. The van der Waals surface area contributed by atoms with Crippen LogP contribution < -0.4 is 10.2 Å². The first-order chi connectivity index (χ1) is 17.5. The predicted molar refractivity (Wildman–Crippen MR) is 143 cm³/mol. The number of carbonyl (C=O) groups is 2. The van der Waals surface area contributed by atoms with E-state index >= 15 is 0 Å². The molecule has 2 N–H and O–H groups in total. The number of fused-ring (bicyclic) bond motifs is 6. The minimum Gasteiger partial charge on any atom is -0.355 e. The Bertz CT molecular complexity index is 1310. The SMILES string of the molecule is CC(C)CCN1C(=O)[C@]2(c3ccccc31)c1[nH]c3ccccc3c1CCN2C(=O)NC1CCCCC1. The largest absolute Gasteiger partial charge is 0.355 e. The second-order valence-corrected chi connectivity index (χ2v) is 11.1. The molecule has 0 radical (unpaired) electrons. The van der Waals surface area contributed by atoms with Crippen molar-refractivity contribution in [2.75, 3.05) is 18.0 Å². The lowest BCUT2D eigenvalue weighted by Crippen LogP contribution is -2.62. The number of aromatic amines is 1. The van der Waals surface area contributed by atoms with Gasteiger partial charge in [-0.15, -0.1) is 0 Å². The first kappa shape index (κ1) is 23.1.